The van der Waals surface area contributed by atoms with Gasteiger partial charge in [-0.3, -0.25) is 0 Å². The summed E-state index contributed by atoms with van der Waals surface area (Å²) >= 11 is 0. The van der Waals surface area contributed by atoms with Crippen LogP contribution < -0.4 is 0 Å². The van der Waals surface area contributed by atoms with Crippen LogP contribution in [0.25, 0.3) is 0 Å². The number of nitrogens with zero attached hydrogens (tertiary/aromatic N) is 3. The third-order valence-electron chi connectivity index (χ3n) is 1.80. The summed E-state index contributed by atoms with van der Waals surface area (Å²) in [4.78, 5) is 7.86. The summed E-state index contributed by atoms with van der Waals surface area (Å²) in [6.45, 7) is 3.71. The van der Waals surface area contributed by atoms with Gasteiger partial charge in [0.05, 0.1) is 9.73 Å². The fraction of sp³-hybridized carbons (Fsp3) is 0.250. The molecule has 2 heterocycles. The fourth-order valence-electron chi connectivity index (χ4n) is 1.35. The average molecular weight is 195 g/mol. The van der Waals surface area contributed by atoms with Gasteiger partial charge in [-0.25, -0.2) is 14.2 Å². The van der Waals surface area contributed by atoms with Crippen LogP contribution in [0.2, 0.25) is 0 Å². The maximum atomic E-state index is 11.9. The van der Waals surface area contributed by atoms with Crippen molar-refractivity contribution in [3.05, 3.63) is 30.4 Å². The predicted molar refractivity (Wildman–Crippen MR) is 49.6 cm³/mol. The molecule has 1 aliphatic rings. The van der Waals surface area contributed by atoms with E-state index in [9.17, 15) is 4.21 Å². The molecule has 13 heavy (non-hydrogen) atoms. The van der Waals surface area contributed by atoms with Crippen LogP contribution in [0, 0.1) is 0 Å². The maximum Gasteiger partial charge on any atom is 0.142 e. The van der Waals surface area contributed by atoms with Gasteiger partial charge in [-0.2, -0.15) is 4.36 Å². The van der Waals surface area contributed by atoms with Crippen LogP contribution in [0.3, 0.4) is 0 Å². The van der Waals surface area contributed by atoms with Crippen molar-refractivity contribution in [1.29, 1.82) is 0 Å². The first kappa shape index (κ1) is 8.37. The van der Waals surface area contributed by atoms with Crippen molar-refractivity contribution in [2.45, 2.75) is 11.4 Å². The summed E-state index contributed by atoms with van der Waals surface area (Å²) < 4.78 is 15.9. The standard InChI is InChI=1S/C8H9N3OS/c1-6-3-7-4-9-5-10-8(7)13(2,12)11-6/h4-5H,1,3H2,2H3. The molecule has 1 aromatic heterocycles. The van der Waals surface area contributed by atoms with Crippen LogP contribution in [-0.2, 0) is 16.1 Å². The molecule has 4 nitrogen and oxygen atoms in total. The van der Waals surface area contributed by atoms with E-state index in [1.54, 1.807) is 12.5 Å². The van der Waals surface area contributed by atoms with Gasteiger partial charge in [0, 0.05) is 30.1 Å². The summed E-state index contributed by atoms with van der Waals surface area (Å²) in [6.07, 6.45) is 5.24. The van der Waals surface area contributed by atoms with Gasteiger partial charge in [-0.15, -0.1) is 0 Å². The first-order valence-electron chi connectivity index (χ1n) is 3.78. The Labute approximate surface area is 76.9 Å². The van der Waals surface area contributed by atoms with Crippen molar-refractivity contribution in [2.24, 2.45) is 4.36 Å². The third-order valence-corrected chi connectivity index (χ3v) is 3.49. The lowest BCUT2D eigenvalue weighted by Gasteiger charge is -2.14. The van der Waals surface area contributed by atoms with E-state index < -0.39 is 9.73 Å². The molecule has 0 amide bonds. The van der Waals surface area contributed by atoms with Gasteiger partial charge in [0.15, 0.2) is 0 Å². The van der Waals surface area contributed by atoms with Crippen molar-refractivity contribution < 1.29 is 4.21 Å². The molecule has 0 saturated carbocycles. The quantitative estimate of drug-likeness (QED) is 0.580. The largest absolute Gasteiger partial charge is 0.244 e. The molecule has 68 valence electrons. The highest BCUT2D eigenvalue weighted by Crippen LogP contribution is 2.23. The van der Waals surface area contributed by atoms with Crippen molar-refractivity contribution in [3.63, 3.8) is 0 Å². The minimum absolute atomic E-state index is 0.551. The summed E-state index contributed by atoms with van der Waals surface area (Å²) in [7, 11) is -2.37. The van der Waals surface area contributed by atoms with E-state index in [0.717, 1.165) is 5.56 Å². The molecule has 2 rings (SSSR count). The lowest BCUT2D eigenvalue weighted by molar-refractivity contribution is 0.672. The Kier molecular flexibility index (Phi) is 1.69. The number of rotatable bonds is 0. The highest BCUT2D eigenvalue weighted by molar-refractivity contribution is 7.93. The van der Waals surface area contributed by atoms with Crippen LogP contribution in [0.15, 0.2) is 34.2 Å². The number of allylic oxidation sites excluding steroid dienone is 1. The minimum atomic E-state index is -2.37. The molecule has 0 bridgehead atoms. The van der Waals surface area contributed by atoms with E-state index in [2.05, 4.69) is 20.9 Å². The first-order valence-corrected chi connectivity index (χ1v) is 5.71. The topological polar surface area (TPSA) is 55.2 Å². The number of hydrogen-bond donors (Lipinski definition) is 0. The molecule has 0 N–H and O–H groups in total. The molecule has 0 aliphatic carbocycles. The molecule has 5 heteroatoms. The van der Waals surface area contributed by atoms with Gasteiger partial charge < -0.3 is 0 Å². The van der Waals surface area contributed by atoms with Crippen LogP contribution >= 0.6 is 0 Å². The van der Waals surface area contributed by atoms with Crippen molar-refractivity contribution >= 4 is 9.73 Å². The van der Waals surface area contributed by atoms with Crippen LogP contribution in [0.1, 0.15) is 5.56 Å². The van der Waals surface area contributed by atoms with Gasteiger partial charge in [0.25, 0.3) is 0 Å². The molecular formula is C8H9N3OS. The second-order valence-corrected chi connectivity index (χ2v) is 5.16. The SMILES string of the molecule is C=C1Cc2cncnc2S(C)(=O)=N1. The predicted octanol–water partition coefficient (Wildman–Crippen LogP) is 1.00. The number of aromatic nitrogens is 2. The van der Waals surface area contributed by atoms with Gasteiger partial charge >= 0.3 is 0 Å². The van der Waals surface area contributed by atoms with E-state index in [1.807, 2.05) is 0 Å². The van der Waals surface area contributed by atoms with E-state index in [1.165, 1.54) is 6.33 Å². The molecule has 1 aliphatic heterocycles. The Hall–Kier alpha value is -1.23. The fourth-order valence-corrected chi connectivity index (χ4v) is 2.85. The van der Waals surface area contributed by atoms with E-state index >= 15 is 0 Å². The zero-order valence-electron chi connectivity index (χ0n) is 7.23. The molecular weight excluding hydrogens is 186 g/mol. The Balaban J connectivity index is 2.77. The normalized spacial score (nSPS) is 26.4. The van der Waals surface area contributed by atoms with Crippen LogP contribution in [0.5, 0.6) is 0 Å². The Morgan fingerprint density at radius 2 is 2.38 bits per heavy atom. The van der Waals surface area contributed by atoms with E-state index in [0.29, 0.717) is 17.1 Å². The third kappa shape index (κ3) is 1.35. The zero-order valence-corrected chi connectivity index (χ0v) is 8.04. The lowest BCUT2D eigenvalue weighted by Crippen LogP contribution is -2.11. The molecule has 1 unspecified atom stereocenters. The molecule has 0 spiro atoms. The number of hydrogen-bond acceptors (Lipinski definition) is 4. The molecule has 0 aromatic carbocycles. The minimum Gasteiger partial charge on any atom is -0.244 e. The van der Waals surface area contributed by atoms with Gasteiger partial charge in [0.2, 0.25) is 0 Å². The van der Waals surface area contributed by atoms with Crippen molar-refractivity contribution in [1.82, 2.24) is 9.97 Å². The smallest absolute Gasteiger partial charge is 0.142 e. The number of fused-ring (bicyclic) bond motifs is 1. The van der Waals surface area contributed by atoms with Gasteiger partial charge in [-0.1, -0.05) is 6.58 Å². The van der Waals surface area contributed by atoms with Gasteiger partial charge in [0.1, 0.15) is 11.4 Å². The highest BCUT2D eigenvalue weighted by Gasteiger charge is 2.19. The summed E-state index contributed by atoms with van der Waals surface area (Å²) in [5, 5.41) is 0.551. The molecule has 0 radical (unpaired) electrons. The zero-order chi connectivity index (χ0) is 9.47. The molecule has 1 atom stereocenters. The highest BCUT2D eigenvalue weighted by atomic mass is 32.2. The molecule has 0 fully saturated rings. The monoisotopic (exact) mass is 195 g/mol. The summed E-state index contributed by atoms with van der Waals surface area (Å²) in [5.74, 6) is 0. The molecule has 0 saturated heterocycles. The lowest BCUT2D eigenvalue weighted by atomic mass is 10.2. The summed E-state index contributed by atoms with van der Waals surface area (Å²) in [5.41, 5.74) is 1.50. The second-order valence-electron chi connectivity index (χ2n) is 2.99. The average Bonchev–Trinajstić information content (AvgIpc) is 2.02. The first-order chi connectivity index (χ1) is 6.09. The van der Waals surface area contributed by atoms with Gasteiger partial charge in [-0.05, 0) is 0 Å². The summed E-state index contributed by atoms with van der Waals surface area (Å²) in [6, 6.07) is 0. The maximum absolute atomic E-state index is 11.9. The Morgan fingerprint density at radius 3 is 3.15 bits per heavy atom. The Morgan fingerprint density at radius 1 is 1.62 bits per heavy atom. The van der Waals surface area contributed by atoms with Crippen molar-refractivity contribution in [3.8, 4) is 0 Å². The molecule has 1 aromatic rings. The van der Waals surface area contributed by atoms with Crippen molar-refractivity contribution in [2.75, 3.05) is 6.26 Å². The Bertz CT molecular complexity index is 486. The van der Waals surface area contributed by atoms with E-state index in [4.69, 9.17) is 0 Å². The van der Waals surface area contributed by atoms with Crippen LogP contribution in [0.4, 0.5) is 0 Å². The van der Waals surface area contributed by atoms with E-state index in [-0.39, 0.29) is 0 Å². The van der Waals surface area contributed by atoms with Crippen LogP contribution in [-0.4, -0.2) is 20.4 Å². The second kappa shape index (κ2) is 2.63.